The van der Waals surface area contributed by atoms with E-state index in [9.17, 15) is 0 Å². The van der Waals surface area contributed by atoms with Gasteiger partial charge in [0.1, 0.15) is 5.82 Å². The molecule has 1 aromatic heterocycles. The molecule has 2 aromatic rings. The Morgan fingerprint density at radius 3 is 2.64 bits per heavy atom. The molecule has 2 heterocycles. The van der Waals surface area contributed by atoms with Crippen molar-refractivity contribution in [2.45, 2.75) is 26.3 Å². The third-order valence-electron chi connectivity index (χ3n) is 4.77. The van der Waals surface area contributed by atoms with Gasteiger partial charge in [-0.05, 0) is 36.5 Å². The Morgan fingerprint density at radius 1 is 1.28 bits per heavy atom. The molecule has 0 aliphatic carbocycles. The van der Waals surface area contributed by atoms with Crippen molar-refractivity contribution in [1.29, 1.82) is 0 Å². The molecule has 1 aromatic carbocycles. The van der Waals surface area contributed by atoms with Crippen LogP contribution in [0.1, 0.15) is 25.3 Å². The van der Waals surface area contributed by atoms with E-state index in [1.54, 1.807) is 0 Å². The van der Waals surface area contributed by atoms with E-state index >= 15 is 0 Å². The van der Waals surface area contributed by atoms with Gasteiger partial charge in [0.05, 0.1) is 12.1 Å². The Morgan fingerprint density at radius 2 is 1.96 bits per heavy atom. The van der Waals surface area contributed by atoms with E-state index in [1.807, 2.05) is 37.2 Å². The van der Waals surface area contributed by atoms with Gasteiger partial charge in [0.2, 0.25) is 0 Å². The molecule has 2 N–H and O–H groups in total. The smallest absolute Gasteiger partial charge is 0.191 e. The summed E-state index contributed by atoms with van der Waals surface area (Å²) in [5.41, 5.74) is 8.40. The number of likely N-dealkylation sites (tertiary alicyclic amines) is 1. The minimum atomic E-state index is 0. The lowest BCUT2D eigenvalue weighted by Crippen LogP contribution is -2.42. The van der Waals surface area contributed by atoms with Crippen molar-refractivity contribution in [3.63, 3.8) is 0 Å². The maximum atomic E-state index is 6.23. The molecule has 1 saturated heterocycles. The number of fused-ring (bicyclic) bond motifs is 1. The van der Waals surface area contributed by atoms with Gasteiger partial charge in [-0.3, -0.25) is 0 Å². The summed E-state index contributed by atoms with van der Waals surface area (Å²) in [4.78, 5) is 13.6. The van der Waals surface area contributed by atoms with Crippen molar-refractivity contribution in [3.05, 3.63) is 35.9 Å². The van der Waals surface area contributed by atoms with Gasteiger partial charge in [-0.2, -0.15) is 0 Å². The van der Waals surface area contributed by atoms with Crippen LogP contribution in [0.25, 0.3) is 10.9 Å². The topological polar surface area (TPSA) is 57.8 Å². The van der Waals surface area contributed by atoms with Crippen LogP contribution in [-0.2, 0) is 6.54 Å². The van der Waals surface area contributed by atoms with Crippen molar-refractivity contribution in [1.82, 2.24) is 9.88 Å². The average Bonchev–Trinajstić information content (AvgIpc) is 2.59. The zero-order valence-electron chi connectivity index (χ0n) is 15.3. The molecular formula is C19H28IN5. The number of benzene rings is 1. The summed E-state index contributed by atoms with van der Waals surface area (Å²) in [6.07, 6.45) is 2.39. The number of nitrogens with two attached hydrogens (primary N) is 1. The van der Waals surface area contributed by atoms with E-state index in [0.29, 0.717) is 12.5 Å². The molecule has 0 saturated carbocycles. The van der Waals surface area contributed by atoms with E-state index in [0.717, 1.165) is 41.3 Å². The fraction of sp³-hybridized carbons (Fsp3) is 0.474. The van der Waals surface area contributed by atoms with Crippen LogP contribution in [0.3, 0.4) is 0 Å². The van der Waals surface area contributed by atoms with Crippen molar-refractivity contribution in [3.8, 4) is 0 Å². The van der Waals surface area contributed by atoms with Crippen molar-refractivity contribution >= 4 is 46.7 Å². The van der Waals surface area contributed by atoms with Crippen LogP contribution < -0.4 is 10.6 Å². The molecule has 6 heteroatoms. The lowest BCUT2D eigenvalue weighted by molar-refractivity contribution is 0.277. The maximum Gasteiger partial charge on any atom is 0.191 e. The lowest BCUT2D eigenvalue weighted by atomic mass is 10.00. The molecular weight excluding hydrogens is 425 g/mol. The summed E-state index contributed by atoms with van der Waals surface area (Å²) in [5.74, 6) is 2.40. The van der Waals surface area contributed by atoms with E-state index < -0.39 is 0 Å². The Labute approximate surface area is 167 Å². The monoisotopic (exact) mass is 453 g/mol. The Hall–Kier alpha value is -1.57. The van der Waals surface area contributed by atoms with Crippen molar-refractivity contribution in [2.24, 2.45) is 16.6 Å². The van der Waals surface area contributed by atoms with Crippen molar-refractivity contribution < 1.29 is 0 Å². The van der Waals surface area contributed by atoms with Gasteiger partial charge in [0.25, 0.3) is 0 Å². The number of hydrogen-bond donors (Lipinski definition) is 1. The van der Waals surface area contributed by atoms with E-state index in [4.69, 9.17) is 10.7 Å². The minimum absolute atomic E-state index is 0. The van der Waals surface area contributed by atoms with Gasteiger partial charge >= 0.3 is 0 Å². The SMILES string of the molecule is CC1CCN(C(N)=NCc2cc(N(C)C)nc3ccccc23)CC1.I. The average molecular weight is 453 g/mol. The number of aliphatic imine (C=N–C) groups is 1. The van der Waals surface area contributed by atoms with E-state index in [-0.39, 0.29) is 24.0 Å². The maximum absolute atomic E-state index is 6.23. The van der Waals surface area contributed by atoms with Crippen LogP contribution in [0.15, 0.2) is 35.3 Å². The number of piperidine rings is 1. The Kier molecular flexibility index (Phi) is 6.87. The first kappa shape index (κ1) is 19.8. The molecule has 1 aliphatic heterocycles. The molecule has 1 aliphatic rings. The summed E-state index contributed by atoms with van der Waals surface area (Å²) in [5, 5.41) is 1.15. The standard InChI is InChI=1S/C19H27N5.HI/c1-14-8-10-24(11-9-14)19(20)21-13-15-12-18(23(2)3)22-17-7-5-4-6-16(15)17;/h4-7,12,14H,8-11,13H2,1-3H3,(H2,20,21);1H. The van der Waals surface area contributed by atoms with Gasteiger partial charge in [0.15, 0.2) is 5.96 Å². The lowest BCUT2D eigenvalue weighted by Gasteiger charge is -2.31. The molecule has 5 nitrogen and oxygen atoms in total. The molecule has 0 amide bonds. The number of para-hydroxylation sites is 1. The molecule has 0 unspecified atom stereocenters. The van der Waals surface area contributed by atoms with Crippen LogP contribution in [0.2, 0.25) is 0 Å². The fourth-order valence-corrected chi connectivity index (χ4v) is 3.10. The van der Waals surface area contributed by atoms with Crippen LogP contribution in [0, 0.1) is 5.92 Å². The highest BCUT2D eigenvalue weighted by atomic mass is 127. The second kappa shape index (κ2) is 8.69. The summed E-state index contributed by atoms with van der Waals surface area (Å²) in [6, 6.07) is 10.3. The Bertz CT molecular complexity index is 736. The number of rotatable bonds is 3. The van der Waals surface area contributed by atoms with Gasteiger partial charge in [-0.1, -0.05) is 25.1 Å². The summed E-state index contributed by atoms with van der Waals surface area (Å²) < 4.78 is 0. The van der Waals surface area contributed by atoms with Gasteiger partial charge in [-0.25, -0.2) is 9.98 Å². The van der Waals surface area contributed by atoms with Crippen LogP contribution in [0.5, 0.6) is 0 Å². The molecule has 0 radical (unpaired) electrons. The number of halogens is 1. The number of hydrogen-bond acceptors (Lipinski definition) is 3. The van der Waals surface area contributed by atoms with Crippen molar-refractivity contribution in [2.75, 3.05) is 32.1 Å². The molecule has 0 atom stereocenters. The molecule has 3 rings (SSSR count). The van der Waals surface area contributed by atoms with E-state index in [2.05, 4.69) is 28.9 Å². The molecule has 0 spiro atoms. The number of pyridine rings is 1. The molecule has 25 heavy (non-hydrogen) atoms. The zero-order valence-corrected chi connectivity index (χ0v) is 17.6. The third-order valence-corrected chi connectivity index (χ3v) is 4.77. The number of aromatic nitrogens is 1. The highest BCUT2D eigenvalue weighted by Crippen LogP contribution is 2.23. The quantitative estimate of drug-likeness (QED) is 0.440. The van der Waals surface area contributed by atoms with E-state index in [1.165, 1.54) is 12.8 Å². The normalized spacial score (nSPS) is 16.0. The number of guanidine groups is 1. The third kappa shape index (κ3) is 4.74. The van der Waals surface area contributed by atoms with Gasteiger partial charge < -0.3 is 15.5 Å². The largest absolute Gasteiger partial charge is 0.370 e. The predicted octanol–water partition coefficient (Wildman–Crippen LogP) is 3.47. The number of anilines is 1. The Balaban J connectivity index is 0.00000225. The second-order valence-corrected chi connectivity index (χ2v) is 6.90. The molecule has 136 valence electrons. The highest BCUT2D eigenvalue weighted by Gasteiger charge is 2.17. The first-order valence-electron chi connectivity index (χ1n) is 8.65. The minimum Gasteiger partial charge on any atom is -0.370 e. The zero-order chi connectivity index (χ0) is 17.1. The first-order chi connectivity index (χ1) is 11.5. The summed E-state index contributed by atoms with van der Waals surface area (Å²) >= 11 is 0. The van der Waals surface area contributed by atoms with Crippen LogP contribution in [-0.4, -0.2) is 43.0 Å². The first-order valence-corrected chi connectivity index (χ1v) is 8.65. The molecule has 0 bridgehead atoms. The summed E-state index contributed by atoms with van der Waals surface area (Å²) in [6.45, 7) is 4.91. The second-order valence-electron chi connectivity index (χ2n) is 6.90. The predicted molar refractivity (Wildman–Crippen MR) is 117 cm³/mol. The van der Waals surface area contributed by atoms with Crippen LogP contribution in [0.4, 0.5) is 5.82 Å². The fourth-order valence-electron chi connectivity index (χ4n) is 3.10. The van der Waals surface area contributed by atoms with Gasteiger partial charge in [0, 0.05) is 32.6 Å². The van der Waals surface area contributed by atoms with Gasteiger partial charge in [-0.15, -0.1) is 24.0 Å². The number of nitrogens with zero attached hydrogens (tertiary/aromatic N) is 4. The van der Waals surface area contributed by atoms with Crippen LogP contribution >= 0.6 is 24.0 Å². The summed E-state index contributed by atoms with van der Waals surface area (Å²) in [7, 11) is 4.01. The highest BCUT2D eigenvalue weighted by molar-refractivity contribution is 14.0. The molecule has 1 fully saturated rings.